The molecule has 0 heterocycles. The lowest BCUT2D eigenvalue weighted by molar-refractivity contribution is -0.137. The number of sulfonamides is 1. The van der Waals surface area contributed by atoms with Crippen LogP contribution in [0.3, 0.4) is 0 Å². The average Bonchev–Trinajstić information content (AvgIpc) is 2.26. The fourth-order valence-electron chi connectivity index (χ4n) is 1.77. The SMILES string of the molecule is CC(C)(C)N(CCC(=O)O)S(=O)(=O)c1cccc(F)c1. The van der Waals surface area contributed by atoms with Crippen molar-refractivity contribution >= 4 is 16.0 Å². The lowest BCUT2D eigenvalue weighted by Crippen LogP contribution is -2.46. The largest absolute Gasteiger partial charge is 0.481 e. The number of rotatable bonds is 5. The van der Waals surface area contributed by atoms with Crippen LogP contribution < -0.4 is 0 Å². The molecule has 1 aromatic rings. The van der Waals surface area contributed by atoms with E-state index in [0.29, 0.717) is 0 Å². The number of benzene rings is 1. The number of nitrogens with zero attached hydrogens (tertiary/aromatic N) is 1. The Morgan fingerprint density at radius 1 is 1.35 bits per heavy atom. The van der Waals surface area contributed by atoms with Crippen LogP contribution in [0.25, 0.3) is 0 Å². The van der Waals surface area contributed by atoms with E-state index in [0.717, 1.165) is 16.4 Å². The Labute approximate surface area is 118 Å². The van der Waals surface area contributed by atoms with Gasteiger partial charge in [0.05, 0.1) is 11.3 Å². The molecule has 5 nitrogen and oxygen atoms in total. The van der Waals surface area contributed by atoms with Crippen molar-refractivity contribution in [3.63, 3.8) is 0 Å². The van der Waals surface area contributed by atoms with Gasteiger partial charge in [0, 0.05) is 12.1 Å². The maximum absolute atomic E-state index is 13.2. The Morgan fingerprint density at radius 2 is 1.95 bits per heavy atom. The quantitative estimate of drug-likeness (QED) is 0.904. The standard InChI is InChI=1S/C13H18FNO4S/c1-13(2,3)15(8-7-12(16)17)20(18,19)11-6-4-5-10(14)9-11/h4-6,9H,7-8H2,1-3H3,(H,16,17). The molecule has 0 fully saturated rings. The van der Waals surface area contributed by atoms with Crippen molar-refractivity contribution in [2.45, 2.75) is 37.6 Å². The van der Waals surface area contributed by atoms with Crippen LogP contribution in [0.1, 0.15) is 27.2 Å². The predicted molar refractivity (Wildman–Crippen MR) is 72.3 cm³/mol. The molecule has 0 amide bonds. The van der Waals surface area contributed by atoms with E-state index in [4.69, 9.17) is 5.11 Å². The number of carboxylic acid groups (broad SMARTS) is 1. The molecule has 0 spiro atoms. The summed E-state index contributed by atoms with van der Waals surface area (Å²) in [6, 6.07) is 4.67. The molecule has 0 atom stereocenters. The molecule has 0 aromatic heterocycles. The molecule has 1 rings (SSSR count). The lowest BCUT2D eigenvalue weighted by Gasteiger charge is -2.34. The van der Waals surface area contributed by atoms with E-state index in [1.165, 1.54) is 12.1 Å². The molecule has 0 saturated carbocycles. The molecule has 0 unspecified atom stereocenters. The van der Waals surface area contributed by atoms with Crippen LogP contribution in [-0.2, 0) is 14.8 Å². The summed E-state index contributed by atoms with van der Waals surface area (Å²) in [6.07, 6.45) is -0.314. The molecular formula is C13H18FNO4S. The number of aliphatic carboxylic acids is 1. The number of hydrogen-bond acceptors (Lipinski definition) is 3. The van der Waals surface area contributed by atoms with Gasteiger partial charge in [0.25, 0.3) is 0 Å². The topological polar surface area (TPSA) is 74.7 Å². The molecule has 1 aromatic carbocycles. The van der Waals surface area contributed by atoms with Gasteiger partial charge in [-0.05, 0) is 39.0 Å². The monoisotopic (exact) mass is 303 g/mol. The molecule has 1 N–H and O–H groups in total. The molecule has 20 heavy (non-hydrogen) atoms. The Balaban J connectivity index is 3.21. The van der Waals surface area contributed by atoms with Gasteiger partial charge in [-0.1, -0.05) is 6.07 Å². The third kappa shape index (κ3) is 4.01. The maximum atomic E-state index is 13.2. The minimum Gasteiger partial charge on any atom is -0.481 e. The van der Waals surface area contributed by atoms with Crippen LogP contribution in [0, 0.1) is 5.82 Å². The molecule has 0 aliphatic heterocycles. The van der Waals surface area contributed by atoms with E-state index in [2.05, 4.69) is 0 Å². The third-order valence-electron chi connectivity index (χ3n) is 2.66. The summed E-state index contributed by atoms with van der Waals surface area (Å²) in [5.41, 5.74) is -0.805. The van der Waals surface area contributed by atoms with Crippen molar-refractivity contribution in [2.24, 2.45) is 0 Å². The van der Waals surface area contributed by atoms with E-state index < -0.39 is 27.3 Å². The van der Waals surface area contributed by atoms with Gasteiger partial charge >= 0.3 is 5.97 Å². The fraction of sp³-hybridized carbons (Fsp3) is 0.462. The van der Waals surface area contributed by atoms with E-state index in [9.17, 15) is 17.6 Å². The fourth-order valence-corrected chi connectivity index (χ4v) is 3.59. The Kier molecular flexibility index (Phi) is 4.88. The second-order valence-corrected chi connectivity index (χ2v) is 7.21. The van der Waals surface area contributed by atoms with E-state index in [1.54, 1.807) is 20.8 Å². The van der Waals surface area contributed by atoms with Gasteiger partial charge < -0.3 is 5.11 Å². The van der Waals surface area contributed by atoms with Crippen LogP contribution in [0.15, 0.2) is 29.2 Å². The van der Waals surface area contributed by atoms with Crippen LogP contribution in [0.4, 0.5) is 4.39 Å². The number of carbonyl (C=O) groups is 1. The first-order chi connectivity index (χ1) is 9.05. The zero-order valence-electron chi connectivity index (χ0n) is 11.6. The van der Waals surface area contributed by atoms with E-state index in [-0.39, 0.29) is 17.9 Å². The Morgan fingerprint density at radius 3 is 2.40 bits per heavy atom. The van der Waals surface area contributed by atoms with Gasteiger partial charge in [-0.25, -0.2) is 12.8 Å². The first-order valence-electron chi connectivity index (χ1n) is 6.05. The van der Waals surface area contributed by atoms with Crippen molar-refractivity contribution in [1.82, 2.24) is 4.31 Å². The molecule has 0 aliphatic carbocycles. The first kappa shape index (κ1) is 16.6. The number of hydrogen-bond donors (Lipinski definition) is 1. The van der Waals surface area contributed by atoms with E-state index in [1.807, 2.05) is 0 Å². The molecule has 7 heteroatoms. The minimum atomic E-state index is -3.95. The van der Waals surface area contributed by atoms with Gasteiger partial charge in [0.1, 0.15) is 5.82 Å². The van der Waals surface area contributed by atoms with Crippen molar-refractivity contribution in [2.75, 3.05) is 6.54 Å². The third-order valence-corrected chi connectivity index (χ3v) is 4.82. The number of carboxylic acids is 1. The van der Waals surface area contributed by atoms with Crippen LogP contribution in [0.5, 0.6) is 0 Å². The van der Waals surface area contributed by atoms with Gasteiger partial charge in [-0.2, -0.15) is 4.31 Å². The molecule has 0 bridgehead atoms. The number of halogens is 1. The normalized spacial score (nSPS) is 12.7. The first-order valence-corrected chi connectivity index (χ1v) is 7.49. The highest BCUT2D eigenvalue weighted by molar-refractivity contribution is 7.89. The highest BCUT2D eigenvalue weighted by Crippen LogP contribution is 2.25. The second-order valence-electron chi connectivity index (χ2n) is 5.35. The Hall–Kier alpha value is -1.47. The zero-order chi connectivity index (χ0) is 15.6. The predicted octanol–water partition coefficient (Wildman–Crippen LogP) is 2.09. The van der Waals surface area contributed by atoms with Gasteiger partial charge in [0.15, 0.2) is 0 Å². The van der Waals surface area contributed by atoms with Crippen LogP contribution >= 0.6 is 0 Å². The summed E-state index contributed by atoms with van der Waals surface area (Å²) in [6.45, 7) is 4.81. The molecule has 0 saturated heterocycles. The van der Waals surface area contributed by atoms with Gasteiger partial charge in [-0.3, -0.25) is 4.79 Å². The summed E-state index contributed by atoms with van der Waals surface area (Å²) in [7, 11) is -3.95. The smallest absolute Gasteiger partial charge is 0.304 e. The molecule has 112 valence electrons. The highest BCUT2D eigenvalue weighted by Gasteiger charge is 2.34. The highest BCUT2D eigenvalue weighted by atomic mass is 32.2. The summed E-state index contributed by atoms with van der Waals surface area (Å²) in [5.74, 6) is -1.74. The van der Waals surface area contributed by atoms with Crippen molar-refractivity contribution < 1.29 is 22.7 Å². The summed E-state index contributed by atoms with van der Waals surface area (Å²) in [5, 5.41) is 8.73. The van der Waals surface area contributed by atoms with Crippen LogP contribution in [-0.4, -0.2) is 35.9 Å². The lowest BCUT2D eigenvalue weighted by atomic mass is 10.1. The van der Waals surface area contributed by atoms with Gasteiger partial charge in [0.2, 0.25) is 10.0 Å². The Bertz CT molecular complexity index is 593. The molecular weight excluding hydrogens is 285 g/mol. The molecule has 0 aliphatic rings. The molecule has 0 radical (unpaired) electrons. The summed E-state index contributed by atoms with van der Waals surface area (Å²) in [4.78, 5) is 10.5. The zero-order valence-corrected chi connectivity index (χ0v) is 12.4. The van der Waals surface area contributed by atoms with Crippen molar-refractivity contribution in [1.29, 1.82) is 0 Å². The average molecular weight is 303 g/mol. The minimum absolute atomic E-state index is 0.169. The van der Waals surface area contributed by atoms with Crippen LogP contribution in [0.2, 0.25) is 0 Å². The second kappa shape index (κ2) is 5.88. The summed E-state index contributed by atoms with van der Waals surface area (Å²) < 4.78 is 39.3. The summed E-state index contributed by atoms with van der Waals surface area (Å²) >= 11 is 0. The van der Waals surface area contributed by atoms with Crippen molar-refractivity contribution in [3.8, 4) is 0 Å². The van der Waals surface area contributed by atoms with Gasteiger partial charge in [-0.15, -0.1) is 0 Å². The van der Waals surface area contributed by atoms with E-state index >= 15 is 0 Å². The maximum Gasteiger partial charge on any atom is 0.304 e. The van der Waals surface area contributed by atoms with Crippen molar-refractivity contribution in [3.05, 3.63) is 30.1 Å².